The highest BCUT2D eigenvalue weighted by Crippen LogP contribution is 2.21. The molecule has 0 aromatic heterocycles. The van der Waals surface area contributed by atoms with Crippen LogP contribution in [0.15, 0.2) is 24.3 Å². The van der Waals surface area contributed by atoms with Gasteiger partial charge in [0, 0.05) is 16.9 Å². The quantitative estimate of drug-likeness (QED) is 0.780. The van der Waals surface area contributed by atoms with Crippen LogP contribution in [0.1, 0.15) is 18.9 Å². The van der Waals surface area contributed by atoms with E-state index in [-0.39, 0.29) is 0 Å². The number of benzene rings is 1. The van der Waals surface area contributed by atoms with Gasteiger partial charge in [0.1, 0.15) is 5.75 Å². The Hall–Kier alpha value is -0.340. The summed E-state index contributed by atoms with van der Waals surface area (Å²) < 4.78 is 0. The molecule has 78 valence electrons. The number of rotatable bonds is 5. The minimum atomic E-state index is 0.326. The molecule has 0 radical (unpaired) electrons. The fourth-order valence-electron chi connectivity index (χ4n) is 1.07. The molecule has 3 heteroatoms. The average molecular weight is 231 g/mol. The van der Waals surface area contributed by atoms with Gasteiger partial charge in [-0.05, 0) is 24.1 Å². The van der Waals surface area contributed by atoms with Crippen molar-refractivity contribution in [2.24, 2.45) is 0 Å². The number of aromatic hydroxyl groups is 1. The minimum Gasteiger partial charge on any atom is -0.508 e. The van der Waals surface area contributed by atoms with E-state index in [1.807, 2.05) is 23.9 Å². The molecule has 0 bridgehead atoms. The third kappa shape index (κ3) is 4.25. The molecule has 0 spiro atoms. The van der Waals surface area contributed by atoms with Gasteiger partial charge >= 0.3 is 0 Å². The molecule has 1 N–H and O–H groups in total. The number of phenols is 1. The van der Waals surface area contributed by atoms with Gasteiger partial charge in [0.15, 0.2) is 0 Å². The van der Waals surface area contributed by atoms with Crippen LogP contribution in [0.25, 0.3) is 0 Å². The molecule has 1 aromatic rings. The van der Waals surface area contributed by atoms with Gasteiger partial charge in [-0.2, -0.15) is 11.8 Å². The molecule has 0 aliphatic rings. The Morgan fingerprint density at radius 1 is 1.36 bits per heavy atom. The van der Waals surface area contributed by atoms with Crippen LogP contribution in [0.4, 0.5) is 0 Å². The fraction of sp³-hybridized carbons (Fsp3) is 0.455. The second kappa shape index (κ2) is 6.20. The van der Waals surface area contributed by atoms with E-state index in [0.717, 1.165) is 18.1 Å². The van der Waals surface area contributed by atoms with E-state index in [4.69, 9.17) is 16.7 Å². The molecule has 1 atom stereocenters. The van der Waals surface area contributed by atoms with Crippen molar-refractivity contribution in [1.29, 1.82) is 0 Å². The summed E-state index contributed by atoms with van der Waals surface area (Å²) in [5.74, 6) is 2.04. The molecular weight excluding hydrogens is 216 g/mol. The van der Waals surface area contributed by atoms with Gasteiger partial charge in [0.25, 0.3) is 0 Å². The predicted octanol–water partition coefficient (Wildman–Crippen LogP) is 3.64. The Labute approximate surface area is 94.5 Å². The highest BCUT2D eigenvalue weighted by Gasteiger charge is 2.02. The van der Waals surface area contributed by atoms with Crippen molar-refractivity contribution in [1.82, 2.24) is 0 Å². The first-order valence-corrected chi connectivity index (χ1v) is 6.26. The van der Waals surface area contributed by atoms with Crippen LogP contribution in [-0.4, -0.2) is 16.2 Å². The first kappa shape index (κ1) is 11.7. The monoisotopic (exact) mass is 230 g/mol. The van der Waals surface area contributed by atoms with E-state index in [1.165, 1.54) is 5.56 Å². The second-order valence-corrected chi connectivity index (χ2v) is 5.07. The highest BCUT2D eigenvalue weighted by atomic mass is 35.5. The van der Waals surface area contributed by atoms with E-state index < -0.39 is 0 Å². The van der Waals surface area contributed by atoms with Crippen LogP contribution in [0.3, 0.4) is 0 Å². The summed E-state index contributed by atoms with van der Waals surface area (Å²) >= 11 is 7.55. The lowest BCUT2D eigenvalue weighted by molar-refractivity contribution is 0.475. The van der Waals surface area contributed by atoms with Crippen molar-refractivity contribution in [3.63, 3.8) is 0 Å². The molecule has 0 saturated carbocycles. The van der Waals surface area contributed by atoms with Crippen molar-refractivity contribution in [2.45, 2.75) is 24.3 Å². The van der Waals surface area contributed by atoms with E-state index in [0.29, 0.717) is 11.0 Å². The Bertz CT molecular complexity index is 260. The van der Waals surface area contributed by atoms with E-state index >= 15 is 0 Å². The number of alkyl halides is 1. The van der Waals surface area contributed by atoms with E-state index in [2.05, 4.69) is 6.92 Å². The van der Waals surface area contributed by atoms with Gasteiger partial charge in [-0.3, -0.25) is 0 Å². The summed E-state index contributed by atoms with van der Waals surface area (Å²) in [5, 5.41) is 9.69. The maximum absolute atomic E-state index is 9.09. The SMILES string of the molecule is CC(CCCl)SCc1ccc(O)cc1. The first-order chi connectivity index (χ1) is 6.72. The summed E-state index contributed by atoms with van der Waals surface area (Å²) in [6.45, 7) is 2.19. The number of thioether (sulfide) groups is 1. The van der Waals surface area contributed by atoms with Crippen LogP contribution in [0.2, 0.25) is 0 Å². The van der Waals surface area contributed by atoms with Crippen molar-refractivity contribution in [2.75, 3.05) is 5.88 Å². The first-order valence-electron chi connectivity index (χ1n) is 4.68. The van der Waals surface area contributed by atoms with E-state index in [1.54, 1.807) is 12.1 Å². The summed E-state index contributed by atoms with van der Waals surface area (Å²) in [6, 6.07) is 7.36. The molecule has 0 aliphatic carbocycles. The molecular formula is C11H15ClOS. The zero-order chi connectivity index (χ0) is 10.4. The number of hydrogen-bond acceptors (Lipinski definition) is 2. The second-order valence-electron chi connectivity index (χ2n) is 3.27. The third-order valence-corrected chi connectivity index (χ3v) is 3.51. The lowest BCUT2D eigenvalue weighted by atomic mass is 10.2. The molecule has 1 nitrogen and oxygen atoms in total. The molecule has 14 heavy (non-hydrogen) atoms. The molecule has 1 aromatic carbocycles. The largest absolute Gasteiger partial charge is 0.508 e. The Morgan fingerprint density at radius 2 is 2.00 bits per heavy atom. The molecule has 0 heterocycles. The Balaban J connectivity index is 2.34. The van der Waals surface area contributed by atoms with Crippen LogP contribution in [0, 0.1) is 0 Å². The van der Waals surface area contributed by atoms with Gasteiger partial charge in [-0.25, -0.2) is 0 Å². The van der Waals surface area contributed by atoms with Gasteiger partial charge in [0.2, 0.25) is 0 Å². The van der Waals surface area contributed by atoms with Crippen molar-refractivity contribution in [3.8, 4) is 5.75 Å². The summed E-state index contributed by atoms with van der Waals surface area (Å²) in [5.41, 5.74) is 1.24. The third-order valence-electron chi connectivity index (χ3n) is 1.99. The van der Waals surface area contributed by atoms with E-state index in [9.17, 15) is 0 Å². The molecule has 0 amide bonds. The zero-order valence-electron chi connectivity index (χ0n) is 8.24. The van der Waals surface area contributed by atoms with Crippen molar-refractivity contribution < 1.29 is 5.11 Å². The number of phenolic OH excluding ortho intramolecular Hbond substituents is 1. The van der Waals surface area contributed by atoms with Gasteiger partial charge in [-0.1, -0.05) is 19.1 Å². The Kier molecular flexibility index (Phi) is 5.20. The van der Waals surface area contributed by atoms with Crippen LogP contribution >= 0.6 is 23.4 Å². The maximum atomic E-state index is 9.09. The fourth-order valence-corrected chi connectivity index (χ4v) is 2.48. The molecule has 1 rings (SSSR count). The summed E-state index contributed by atoms with van der Waals surface area (Å²) in [6.07, 6.45) is 1.05. The predicted molar refractivity (Wildman–Crippen MR) is 64.2 cm³/mol. The van der Waals surface area contributed by atoms with Crippen LogP contribution < -0.4 is 0 Å². The molecule has 1 unspecified atom stereocenters. The van der Waals surface area contributed by atoms with Crippen molar-refractivity contribution >= 4 is 23.4 Å². The Morgan fingerprint density at radius 3 is 2.57 bits per heavy atom. The lowest BCUT2D eigenvalue weighted by Crippen LogP contribution is -1.97. The van der Waals surface area contributed by atoms with Crippen molar-refractivity contribution in [3.05, 3.63) is 29.8 Å². The summed E-state index contributed by atoms with van der Waals surface area (Å²) in [7, 11) is 0. The van der Waals surface area contributed by atoms with Gasteiger partial charge in [0.05, 0.1) is 0 Å². The number of halogens is 1. The topological polar surface area (TPSA) is 20.2 Å². The highest BCUT2D eigenvalue weighted by molar-refractivity contribution is 7.99. The zero-order valence-corrected chi connectivity index (χ0v) is 9.81. The number of hydrogen-bond donors (Lipinski definition) is 1. The average Bonchev–Trinajstić information content (AvgIpc) is 2.17. The summed E-state index contributed by atoms with van der Waals surface area (Å²) in [4.78, 5) is 0. The minimum absolute atomic E-state index is 0.326. The standard InChI is InChI=1S/C11H15ClOS/c1-9(6-7-12)14-8-10-2-4-11(13)5-3-10/h2-5,9,13H,6-8H2,1H3. The molecule has 0 saturated heterocycles. The van der Waals surface area contributed by atoms with Crippen LogP contribution in [-0.2, 0) is 5.75 Å². The lowest BCUT2D eigenvalue weighted by Gasteiger charge is -2.08. The van der Waals surface area contributed by atoms with Gasteiger partial charge in [-0.15, -0.1) is 11.6 Å². The normalized spacial score (nSPS) is 12.7. The molecule has 0 fully saturated rings. The smallest absolute Gasteiger partial charge is 0.115 e. The van der Waals surface area contributed by atoms with Gasteiger partial charge < -0.3 is 5.11 Å². The molecule has 0 aliphatic heterocycles. The maximum Gasteiger partial charge on any atom is 0.115 e. The van der Waals surface area contributed by atoms with Crippen LogP contribution in [0.5, 0.6) is 5.75 Å².